The van der Waals surface area contributed by atoms with Gasteiger partial charge in [-0.05, 0) is 36.6 Å². The van der Waals surface area contributed by atoms with Crippen molar-refractivity contribution in [3.05, 3.63) is 59.5 Å². The van der Waals surface area contributed by atoms with E-state index in [0.717, 1.165) is 17.7 Å². The van der Waals surface area contributed by atoms with Crippen molar-refractivity contribution in [1.29, 1.82) is 0 Å². The average molecular weight is 271 g/mol. The van der Waals surface area contributed by atoms with E-state index in [1.54, 1.807) is 11.2 Å². The number of hydrogen-bond donors (Lipinski definition) is 0. The third-order valence-electron chi connectivity index (χ3n) is 3.60. The Morgan fingerprint density at radius 1 is 1.35 bits per heavy atom. The number of hydrogen-bond acceptors (Lipinski definition) is 3. The standard InChI is InChI=1S/C16H17NO3/c1-2-19-16(18)17-10-9-12-6-3-4-7-13(12)15(17)14-8-5-11-20-14/h3-8,11,15H,2,9-10H2,1H3. The maximum atomic E-state index is 12.2. The number of rotatable bonds is 2. The summed E-state index contributed by atoms with van der Waals surface area (Å²) in [5.74, 6) is 0.769. The highest BCUT2D eigenvalue weighted by atomic mass is 16.6. The zero-order chi connectivity index (χ0) is 13.9. The van der Waals surface area contributed by atoms with Crippen molar-refractivity contribution >= 4 is 6.09 Å². The van der Waals surface area contributed by atoms with Crippen LogP contribution >= 0.6 is 0 Å². The second kappa shape index (κ2) is 5.41. The number of furan rings is 1. The molecule has 1 aromatic carbocycles. The van der Waals surface area contributed by atoms with Gasteiger partial charge in [-0.25, -0.2) is 4.79 Å². The van der Waals surface area contributed by atoms with Crippen LogP contribution in [0.3, 0.4) is 0 Å². The second-order valence-electron chi connectivity index (χ2n) is 4.76. The molecule has 1 aliphatic rings. The van der Waals surface area contributed by atoms with Crippen LogP contribution in [0.5, 0.6) is 0 Å². The van der Waals surface area contributed by atoms with Crippen LogP contribution in [0.15, 0.2) is 47.1 Å². The Morgan fingerprint density at radius 2 is 2.20 bits per heavy atom. The number of benzene rings is 1. The highest BCUT2D eigenvalue weighted by Gasteiger charge is 2.34. The molecule has 0 bridgehead atoms. The van der Waals surface area contributed by atoms with Gasteiger partial charge in [-0.3, -0.25) is 4.90 Å². The summed E-state index contributed by atoms with van der Waals surface area (Å²) in [4.78, 5) is 13.9. The number of carbonyl (C=O) groups is 1. The molecule has 4 heteroatoms. The summed E-state index contributed by atoms with van der Waals surface area (Å²) in [6, 6.07) is 11.7. The van der Waals surface area contributed by atoms with E-state index < -0.39 is 0 Å². The summed E-state index contributed by atoms with van der Waals surface area (Å²) in [5.41, 5.74) is 2.37. The second-order valence-corrected chi connectivity index (χ2v) is 4.76. The SMILES string of the molecule is CCOC(=O)N1CCc2ccccc2C1c1ccco1. The van der Waals surface area contributed by atoms with Crippen LogP contribution in [-0.2, 0) is 11.2 Å². The van der Waals surface area contributed by atoms with Crippen LogP contribution in [0.1, 0.15) is 29.9 Å². The van der Waals surface area contributed by atoms with Crippen molar-refractivity contribution in [2.24, 2.45) is 0 Å². The van der Waals surface area contributed by atoms with Gasteiger partial charge in [-0.1, -0.05) is 24.3 Å². The molecule has 2 heterocycles. The minimum Gasteiger partial charge on any atom is -0.467 e. The lowest BCUT2D eigenvalue weighted by Gasteiger charge is -2.35. The predicted molar refractivity (Wildman–Crippen MR) is 74.4 cm³/mol. The first-order valence-corrected chi connectivity index (χ1v) is 6.86. The van der Waals surface area contributed by atoms with Crippen LogP contribution in [-0.4, -0.2) is 24.1 Å². The van der Waals surface area contributed by atoms with Gasteiger partial charge in [0, 0.05) is 6.54 Å². The molecular formula is C16H17NO3. The van der Waals surface area contributed by atoms with Crippen molar-refractivity contribution in [2.45, 2.75) is 19.4 Å². The Hall–Kier alpha value is -2.23. The largest absolute Gasteiger partial charge is 0.467 e. The Kier molecular flexibility index (Phi) is 3.46. The molecule has 1 unspecified atom stereocenters. The van der Waals surface area contributed by atoms with Crippen LogP contribution in [0.25, 0.3) is 0 Å². The van der Waals surface area contributed by atoms with Crippen LogP contribution in [0.2, 0.25) is 0 Å². The fraction of sp³-hybridized carbons (Fsp3) is 0.312. The smallest absolute Gasteiger partial charge is 0.410 e. The molecule has 3 rings (SSSR count). The summed E-state index contributed by atoms with van der Waals surface area (Å²) in [5, 5.41) is 0. The summed E-state index contributed by atoms with van der Waals surface area (Å²) in [7, 11) is 0. The number of amides is 1. The molecule has 0 spiro atoms. The Morgan fingerprint density at radius 3 is 2.95 bits per heavy atom. The van der Waals surface area contributed by atoms with E-state index in [-0.39, 0.29) is 12.1 Å². The first-order valence-electron chi connectivity index (χ1n) is 6.86. The van der Waals surface area contributed by atoms with Gasteiger partial charge in [-0.15, -0.1) is 0 Å². The normalized spacial score (nSPS) is 17.6. The highest BCUT2D eigenvalue weighted by Crippen LogP contribution is 2.35. The molecule has 4 nitrogen and oxygen atoms in total. The number of ether oxygens (including phenoxy) is 1. The molecule has 1 atom stereocenters. The fourth-order valence-corrected chi connectivity index (χ4v) is 2.72. The maximum absolute atomic E-state index is 12.2. The van der Waals surface area contributed by atoms with Crippen molar-refractivity contribution in [3.8, 4) is 0 Å². The molecule has 2 aromatic rings. The Bertz CT molecular complexity index is 592. The predicted octanol–water partition coefficient (Wildman–Crippen LogP) is 3.38. The van der Waals surface area contributed by atoms with E-state index >= 15 is 0 Å². The van der Waals surface area contributed by atoms with Crippen molar-refractivity contribution in [1.82, 2.24) is 4.90 Å². The van der Waals surface area contributed by atoms with E-state index in [1.807, 2.05) is 37.3 Å². The average Bonchev–Trinajstić information content (AvgIpc) is 3.00. The number of carbonyl (C=O) groups excluding carboxylic acids is 1. The number of nitrogens with zero attached hydrogens (tertiary/aromatic N) is 1. The molecule has 0 N–H and O–H groups in total. The summed E-state index contributed by atoms with van der Waals surface area (Å²) in [6.45, 7) is 2.83. The molecule has 104 valence electrons. The van der Waals surface area contributed by atoms with Crippen molar-refractivity contribution in [2.75, 3.05) is 13.2 Å². The fourth-order valence-electron chi connectivity index (χ4n) is 2.72. The summed E-state index contributed by atoms with van der Waals surface area (Å²) in [6.07, 6.45) is 2.19. The van der Waals surface area contributed by atoms with E-state index in [9.17, 15) is 4.79 Å². The van der Waals surface area contributed by atoms with Gasteiger partial charge in [0.1, 0.15) is 11.8 Å². The van der Waals surface area contributed by atoms with Gasteiger partial charge in [0.25, 0.3) is 0 Å². The van der Waals surface area contributed by atoms with Crippen LogP contribution in [0.4, 0.5) is 4.79 Å². The Balaban J connectivity index is 2.03. The van der Waals surface area contributed by atoms with Gasteiger partial charge in [-0.2, -0.15) is 0 Å². The van der Waals surface area contributed by atoms with Gasteiger partial charge in [0.2, 0.25) is 0 Å². The lowest BCUT2D eigenvalue weighted by molar-refractivity contribution is 0.0896. The van der Waals surface area contributed by atoms with E-state index in [2.05, 4.69) is 6.07 Å². The van der Waals surface area contributed by atoms with Crippen LogP contribution < -0.4 is 0 Å². The summed E-state index contributed by atoms with van der Waals surface area (Å²) < 4.78 is 10.7. The summed E-state index contributed by atoms with van der Waals surface area (Å²) >= 11 is 0. The third-order valence-corrected chi connectivity index (χ3v) is 3.60. The van der Waals surface area contributed by atoms with E-state index in [1.165, 1.54) is 5.56 Å². The minimum absolute atomic E-state index is 0.200. The Labute approximate surface area is 118 Å². The molecule has 0 fully saturated rings. The molecule has 1 aromatic heterocycles. The van der Waals surface area contributed by atoms with E-state index in [4.69, 9.17) is 9.15 Å². The monoisotopic (exact) mass is 271 g/mol. The molecule has 0 aliphatic carbocycles. The molecule has 0 saturated carbocycles. The highest BCUT2D eigenvalue weighted by molar-refractivity contribution is 5.69. The zero-order valence-corrected chi connectivity index (χ0v) is 11.4. The molecule has 1 aliphatic heterocycles. The zero-order valence-electron chi connectivity index (χ0n) is 11.4. The molecular weight excluding hydrogens is 254 g/mol. The first-order chi connectivity index (χ1) is 9.81. The topological polar surface area (TPSA) is 42.7 Å². The van der Waals surface area contributed by atoms with Crippen molar-refractivity contribution in [3.63, 3.8) is 0 Å². The van der Waals surface area contributed by atoms with Gasteiger partial charge >= 0.3 is 6.09 Å². The van der Waals surface area contributed by atoms with Gasteiger partial charge in [0.15, 0.2) is 0 Å². The molecule has 0 saturated heterocycles. The molecule has 1 amide bonds. The number of fused-ring (bicyclic) bond motifs is 1. The first kappa shape index (κ1) is 12.8. The molecule has 0 radical (unpaired) electrons. The lowest BCUT2D eigenvalue weighted by atomic mass is 9.91. The quantitative estimate of drug-likeness (QED) is 0.841. The van der Waals surface area contributed by atoms with E-state index in [0.29, 0.717) is 13.2 Å². The third kappa shape index (κ3) is 2.18. The molecule has 20 heavy (non-hydrogen) atoms. The van der Waals surface area contributed by atoms with Gasteiger partial charge in [0.05, 0.1) is 12.9 Å². The van der Waals surface area contributed by atoms with Crippen molar-refractivity contribution < 1.29 is 13.9 Å². The van der Waals surface area contributed by atoms with Crippen LogP contribution in [0, 0.1) is 0 Å². The minimum atomic E-state index is -0.289. The maximum Gasteiger partial charge on any atom is 0.410 e. The van der Waals surface area contributed by atoms with Gasteiger partial charge < -0.3 is 9.15 Å². The lowest BCUT2D eigenvalue weighted by Crippen LogP contribution is -2.40.